The van der Waals surface area contributed by atoms with Crippen molar-refractivity contribution in [2.75, 3.05) is 40.5 Å². The Balaban J connectivity index is 1.49. The molecule has 1 saturated heterocycles. The maximum atomic E-state index is 14.6. The molecule has 2 heterocycles. The van der Waals surface area contributed by atoms with Gasteiger partial charge in [-0.05, 0) is 43.9 Å². The smallest absolute Gasteiger partial charge is 0.193 e. The van der Waals surface area contributed by atoms with Crippen molar-refractivity contribution < 1.29 is 13.9 Å². The Morgan fingerprint density at radius 1 is 1.30 bits per heavy atom. The SMILES string of the molecule is CN=C(NCc1ccc(-n2ccnc2C)c(F)c1)N1CCC(OCCCOC)CC1. The molecule has 0 radical (unpaired) electrons. The molecule has 7 nitrogen and oxygen atoms in total. The summed E-state index contributed by atoms with van der Waals surface area (Å²) >= 11 is 0. The van der Waals surface area contributed by atoms with Crippen molar-refractivity contribution in [3.8, 4) is 5.69 Å². The molecule has 0 atom stereocenters. The second-order valence-corrected chi connectivity index (χ2v) is 7.43. The van der Waals surface area contributed by atoms with Crippen molar-refractivity contribution in [3.05, 3.63) is 47.8 Å². The van der Waals surface area contributed by atoms with E-state index in [9.17, 15) is 4.39 Å². The number of nitrogens with zero attached hydrogens (tertiary/aromatic N) is 4. The number of methoxy groups -OCH3 is 1. The molecular weight excluding hydrogens is 385 g/mol. The van der Waals surface area contributed by atoms with Gasteiger partial charge in [0, 0.05) is 59.4 Å². The van der Waals surface area contributed by atoms with E-state index in [4.69, 9.17) is 9.47 Å². The zero-order valence-corrected chi connectivity index (χ0v) is 18.1. The number of aliphatic imine (C=N–C) groups is 1. The van der Waals surface area contributed by atoms with E-state index in [0.717, 1.165) is 62.9 Å². The molecule has 1 aromatic heterocycles. The zero-order valence-electron chi connectivity index (χ0n) is 18.1. The highest BCUT2D eigenvalue weighted by Crippen LogP contribution is 2.17. The summed E-state index contributed by atoms with van der Waals surface area (Å²) < 4.78 is 27.3. The number of hydrogen-bond acceptors (Lipinski definition) is 4. The molecule has 0 spiro atoms. The lowest BCUT2D eigenvalue weighted by atomic mass is 10.1. The van der Waals surface area contributed by atoms with Crippen LogP contribution >= 0.6 is 0 Å². The Kier molecular flexibility index (Phi) is 8.21. The van der Waals surface area contributed by atoms with Gasteiger partial charge in [0.05, 0.1) is 11.8 Å². The van der Waals surface area contributed by atoms with Crippen LogP contribution in [0, 0.1) is 12.7 Å². The Morgan fingerprint density at radius 2 is 2.10 bits per heavy atom. The third kappa shape index (κ3) is 5.79. The van der Waals surface area contributed by atoms with Gasteiger partial charge in [0.15, 0.2) is 5.96 Å². The largest absolute Gasteiger partial charge is 0.385 e. The van der Waals surface area contributed by atoms with E-state index in [2.05, 4.69) is 20.2 Å². The molecule has 30 heavy (non-hydrogen) atoms. The summed E-state index contributed by atoms with van der Waals surface area (Å²) in [7, 11) is 3.49. The molecule has 3 rings (SSSR count). The number of benzene rings is 1. The van der Waals surface area contributed by atoms with E-state index < -0.39 is 0 Å². The fourth-order valence-corrected chi connectivity index (χ4v) is 3.69. The Bertz CT molecular complexity index is 831. The number of hydrogen-bond donors (Lipinski definition) is 1. The number of guanidine groups is 1. The first-order chi connectivity index (χ1) is 14.6. The lowest BCUT2D eigenvalue weighted by Gasteiger charge is -2.34. The lowest BCUT2D eigenvalue weighted by Crippen LogP contribution is -2.46. The number of imidazole rings is 1. The predicted octanol–water partition coefficient (Wildman–Crippen LogP) is 2.91. The topological polar surface area (TPSA) is 63.9 Å². The van der Waals surface area contributed by atoms with Gasteiger partial charge in [-0.25, -0.2) is 9.37 Å². The number of halogens is 1. The van der Waals surface area contributed by atoms with Crippen molar-refractivity contribution in [3.63, 3.8) is 0 Å². The number of aryl methyl sites for hydroxylation is 1. The minimum absolute atomic E-state index is 0.267. The van der Waals surface area contributed by atoms with Gasteiger partial charge in [-0.1, -0.05) is 6.07 Å². The Morgan fingerprint density at radius 3 is 2.73 bits per heavy atom. The van der Waals surface area contributed by atoms with Gasteiger partial charge in [-0.2, -0.15) is 0 Å². The molecule has 1 fully saturated rings. The van der Waals surface area contributed by atoms with Crippen LogP contribution in [0.4, 0.5) is 4.39 Å². The molecule has 1 aromatic carbocycles. The molecule has 0 bridgehead atoms. The van der Waals surface area contributed by atoms with Gasteiger partial charge in [0.25, 0.3) is 0 Å². The summed E-state index contributed by atoms with van der Waals surface area (Å²) in [5.41, 5.74) is 1.37. The zero-order chi connectivity index (χ0) is 21.3. The average Bonchev–Trinajstić information content (AvgIpc) is 3.18. The van der Waals surface area contributed by atoms with Crippen molar-refractivity contribution in [2.45, 2.75) is 38.8 Å². The minimum Gasteiger partial charge on any atom is -0.385 e. The molecule has 0 aliphatic carbocycles. The third-order valence-electron chi connectivity index (χ3n) is 5.35. The number of piperidine rings is 1. The number of aromatic nitrogens is 2. The van der Waals surface area contributed by atoms with Crippen molar-refractivity contribution in [1.82, 2.24) is 19.8 Å². The summed E-state index contributed by atoms with van der Waals surface area (Å²) in [6, 6.07) is 5.28. The van der Waals surface area contributed by atoms with Crippen LogP contribution in [0.1, 0.15) is 30.7 Å². The molecule has 0 unspecified atom stereocenters. The van der Waals surface area contributed by atoms with Crippen LogP contribution in [0.2, 0.25) is 0 Å². The first kappa shape index (κ1) is 22.2. The summed E-state index contributed by atoms with van der Waals surface area (Å²) in [6.45, 7) is 5.63. The summed E-state index contributed by atoms with van der Waals surface area (Å²) in [6.07, 6.45) is 6.60. The van der Waals surface area contributed by atoms with Crippen LogP contribution in [0.3, 0.4) is 0 Å². The van der Waals surface area contributed by atoms with Gasteiger partial charge in [0.2, 0.25) is 0 Å². The standard InChI is InChI=1S/C22H32FN5O2/c1-17-25-9-12-28(17)21-6-5-18(15-20(21)23)16-26-22(24-2)27-10-7-19(8-11-27)30-14-4-13-29-3/h5-6,9,12,15,19H,4,7-8,10-11,13-14,16H2,1-3H3,(H,24,26). The quantitative estimate of drug-likeness (QED) is 0.407. The van der Waals surface area contributed by atoms with E-state index in [-0.39, 0.29) is 5.82 Å². The van der Waals surface area contributed by atoms with E-state index in [1.807, 2.05) is 13.0 Å². The van der Waals surface area contributed by atoms with Crippen molar-refractivity contribution >= 4 is 5.96 Å². The van der Waals surface area contributed by atoms with Gasteiger partial charge < -0.3 is 24.3 Å². The molecule has 1 aliphatic rings. The molecule has 2 aromatic rings. The van der Waals surface area contributed by atoms with Crippen LogP contribution in [0.15, 0.2) is 35.6 Å². The Labute approximate surface area is 177 Å². The van der Waals surface area contributed by atoms with Crippen molar-refractivity contribution in [1.29, 1.82) is 0 Å². The lowest BCUT2D eigenvalue weighted by molar-refractivity contribution is 0.00989. The highest BCUT2D eigenvalue weighted by molar-refractivity contribution is 5.80. The van der Waals surface area contributed by atoms with Gasteiger partial charge >= 0.3 is 0 Å². The fourth-order valence-electron chi connectivity index (χ4n) is 3.69. The maximum Gasteiger partial charge on any atom is 0.193 e. The summed E-state index contributed by atoms with van der Waals surface area (Å²) in [5.74, 6) is 1.32. The second kappa shape index (κ2) is 11.1. The van der Waals surface area contributed by atoms with Gasteiger partial charge in [-0.15, -0.1) is 0 Å². The second-order valence-electron chi connectivity index (χ2n) is 7.43. The van der Waals surface area contributed by atoms with Crippen molar-refractivity contribution in [2.24, 2.45) is 4.99 Å². The van der Waals surface area contributed by atoms with Crippen LogP contribution in [-0.2, 0) is 16.0 Å². The number of ether oxygens (including phenoxy) is 2. The molecule has 1 N–H and O–H groups in total. The highest BCUT2D eigenvalue weighted by Gasteiger charge is 2.21. The molecule has 1 aliphatic heterocycles. The van der Waals surface area contributed by atoms with E-state index >= 15 is 0 Å². The monoisotopic (exact) mass is 417 g/mol. The fraction of sp³-hybridized carbons (Fsp3) is 0.545. The highest BCUT2D eigenvalue weighted by atomic mass is 19.1. The molecule has 0 saturated carbocycles. The molecular formula is C22H32FN5O2. The molecule has 8 heteroatoms. The maximum absolute atomic E-state index is 14.6. The number of rotatable bonds is 8. The normalized spacial score (nSPS) is 15.6. The van der Waals surface area contributed by atoms with Crippen LogP contribution in [0.25, 0.3) is 5.69 Å². The summed E-state index contributed by atoms with van der Waals surface area (Å²) in [5, 5.41) is 3.36. The van der Waals surface area contributed by atoms with Crippen LogP contribution in [0.5, 0.6) is 0 Å². The minimum atomic E-state index is -0.267. The van der Waals surface area contributed by atoms with Crippen LogP contribution < -0.4 is 5.32 Å². The predicted molar refractivity (Wildman–Crippen MR) is 115 cm³/mol. The first-order valence-electron chi connectivity index (χ1n) is 10.5. The van der Waals surface area contributed by atoms with E-state index in [1.54, 1.807) is 43.3 Å². The average molecular weight is 418 g/mol. The van der Waals surface area contributed by atoms with E-state index in [1.165, 1.54) is 0 Å². The Hall–Kier alpha value is -2.45. The number of likely N-dealkylation sites (tertiary alicyclic amines) is 1. The molecule has 0 amide bonds. The van der Waals surface area contributed by atoms with Gasteiger partial charge in [0.1, 0.15) is 11.6 Å². The third-order valence-corrected chi connectivity index (χ3v) is 5.35. The van der Waals surface area contributed by atoms with E-state index in [0.29, 0.717) is 18.3 Å². The number of nitrogens with one attached hydrogen (secondary N) is 1. The molecule has 164 valence electrons. The van der Waals surface area contributed by atoms with Crippen LogP contribution in [-0.4, -0.2) is 67.0 Å². The first-order valence-corrected chi connectivity index (χ1v) is 10.5. The van der Waals surface area contributed by atoms with Gasteiger partial charge in [-0.3, -0.25) is 4.99 Å². The summed E-state index contributed by atoms with van der Waals surface area (Å²) in [4.78, 5) is 10.8.